The lowest BCUT2D eigenvalue weighted by molar-refractivity contribution is -0.122. The fourth-order valence-electron chi connectivity index (χ4n) is 2.66. The number of benzene rings is 3. The highest BCUT2D eigenvalue weighted by Gasteiger charge is 2.08. The minimum absolute atomic E-state index is 0.0135. The van der Waals surface area contributed by atoms with Gasteiger partial charge in [-0.2, -0.15) is 11.8 Å². The molecule has 3 rings (SSSR count). The maximum absolute atomic E-state index is 12.0. The Kier molecular flexibility index (Phi) is 7.18. The molecule has 5 heteroatoms. The molecule has 1 N–H and O–H groups in total. The zero-order valence-electron chi connectivity index (χ0n) is 15.2. The summed E-state index contributed by atoms with van der Waals surface area (Å²) in [6.07, 6.45) is 0. The van der Waals surface area contributed by atoms with E-state index in [-0.39, 0.29) is 12.5 Å². The van der Waals surface area contributed by atoms with Crippen molar-refractivity contribution >= 4 is 44.4 Å². The van der Waals surface area contributed by atoms with Gasteiger partial charge >= 0.3 is 0 Å². The van der Waals surface area contributed by atoms with Gasteiger partial charge in [0.05, 0.1) is 4.47 Å². The first-order valence-electron chi connectivity index (χ1n) is 8.83. The molecule has 3 aromatic carbocycles. The molecule has 0 aliphatic rings. The molecule has 3 nitrogen and oxygen atoms in total. The number of nitrogens with one attached hydrogen (secondary N) is 1. The molecule has 0 radical (unpaired) electrons. The molecule has 0 saturated carbocycles. The summed E-state index contributed by atoms with van der Waals surface area (Å²) in [6, 6.07) is 20.5. The lowest BCUT2D eigenvalue weighted by Crippen LogP contribution is -2.30. The van der Waals surface area contributed by atoms with Crippen LogP contribution in [-0.4, -0.2) is 24.8 Å². The first-order chi connectivity index (χ1) is 13.1. The van der Waals surface area contributed by atoms with Gasteiger partial charge in [0, 0.05) is 18.1 Å². The lowest BCUT2D eigenvalue weighted by atomic mass is 10.1. The molecule has 3 aromatic rings. The summed E-state index contributed by atoms with van der Waals surface area (Å²) in [6.45, 7) is 2.74. The molecule has 140 valence electrons. The third kappa shape index (κ3) is 5.75. The van der Waals surface area contributed by atoms with Gasteiger partial charge in [-0.15, -0.1) is 0 Å². The van der Waals surface area contributed by atoms with Gasteiger partial charge < -0.3 is 10.1 Å². The number of fused-ring (bicyclic) bond motifs is 1. The van der Waals surface area contributed by atoms with Crippen LogP contribution in [0.4, 0.5) is 0 Å². The Hall–Kier alpha value is -1.98. The number of aryl methyl sites for hydroxylation is 1. The minimum atomic E-state index is -0.106. The van der Waals surface area contributed by atoms with E-state index in [1.807, 2.05) is 48.2 Å². The van der Waals surface area contributed by atoms with E-state index >= 15 is 0 Å². The third-order valence-corrected chi connectivity index (χ3v) is 5.99. The van der Waals surface area contributed by atoms with E-state index in [4.69, 9.17) is 4.74 Å². The molecular formula is C22H22BrNO2S. The molecule has 0 unspecified atom stereocenters. The molecule has 0 aliphatic carbocycles. The number of amides is 1. The van der Waals surface area contributed by atoms with E-state index in [1.165, 1.54) is 11.1 Å². The molecule has 0 saturated heterocycles. The highest BCUT2D eigenvalue weighted by atomic mass is 79.9. The zero-order valence-corrected chi connectivity index (χ0v) is 17.6. The van der Waals surface area contributed by atoms with Crippen LogP contribution in [0.15, 0.2) is 65.1 Å². The normalized spacial score (nSPS) is 10.7. The zero-order chi connectivity index (χ0) is 19.1. The van der Waals surface area contributed by atoms with Crippen molar-refractivity contribution in [2.45, 2.75) is 12.7 Å². The van der Waals surface area contributed by atoms with Gasteiger partial charge in [0.15, 0.2) is 6.61 Å². The topological polar surface area (TPSA) is 38.3 Å². The number of hydrogen-bond acceptors (Lipinski definition) is 3. The van der Waals surface area contributed by atoms with Crippen LogP contribution >= 0.6 is 27.7 Å². The largest absolute Gasteiger partial charge is 0.483 e. The Bertz CT molecular complexity index is 912. The maximum Gasteiger partial charge on any atom is 0.257 e. The van der Waals surface area contributed by atoms with Crippen LogP contribution in [0.2, 0.25) is 0 Å². The predicted molar refractivity (Wildman–Crippen MR) is 117 cm³/mol. The molecule has 0 heterocycles. The van der Waals surface area contributed by atoms with Gasteiger partial charge in [-0.25, -0.2) is 0 Å². The van der Waals surface area contributed by atoms with Gasteiger partial charge in [0.1, 0.15) is 5.75 Å². The van der Waals surface area contributed by atoms with E-state index < -0.39 is 0 Å². The summed E-state index contributed by atoms with van der Waals surface area (Å²) in [5, 5.41) is 5.11. The van der Waals surface area contributed by atoms with Gasteiger partial charge in [-0.3, -0.25) is 4.79 Å². The van der Waals surface area contributed by atoms with Gasteiger partial charge in [0.2, 0.25) is 0 Å². The highest BCUT2D eigenvalue weighted by Crippen LogP contribution is 2.32. The van der Waals surface area contributed by atoms with Crippen LogP contribution in [-0.2, 0) is 10.5 Å². The fraction of sp³-hybridized carbons (Fsp3) is 0.227. The highest BCUT2D eigenvalue weighted by molar-refractivity contribution is 9.10. The van der Waals surface area contributed by atoms with Crippen LogP contribution in [0.3, 0.4) is 0 Å². The molecule has 0 bridgehead atoms. The Balaban J connectivity index is 1.38. The smallest absolute Gasteiger partial charge is 0.257 e. The van der Waals surface area contributed by atoms with Gasteiger partial charge in [0.25, 0.3) is 5.91 Å². The van der Waals surface area contributed by atoms with Gasteiger partial charge in [-0.1, -0.05) is 60.2 Å². The number of carbonyl (C=O) groups is 1. The average molecular weight is 444 g/mol. The molecule has 1 amide bonds. The quantitative estimate of drug-likeness (QED) is 0.477. The van der Waals surface area contributed by atoms with Gasteiger partial charge in [-0.05, 0) is 45.3 Å². The number of rotatable bonds is 8. The third-order valence-electron chi connectivity index (χ3n) is 4.14. The molecule has 0 atom stereocenters. The summed E-state index contributed by atoms with van der Waals surface area (Å²) in [5.41, 5.74) is 2.58. The van der Waals surface area contributed by atoms with Crippen molar-refractivity contribution in [3.63, 3.8) is 0 Å². The van der Waals surface area contributed by atoms with E-state index in [0.717, 1.165) is 26.8 Å². The maximum atomic E-state index is 12.0. The fourth-order valence-corrected chi connectivity index (χ4v) is 4.08. The molecule has 0 aromatic heterocycles. The number of carbonyl (C=O) groups excluding carboxylic acids is 1. The second-order valence-electron chi connectivity index (χ2n) is 6.28. The van der Waals surface area contributed by atoms with Crippen LogP contribution in [0.1, 0.15) is 11.1 Å². The van der Waals surface area contributed by atoms with Crippen LogP contribution < -0.4 is 10.1 Å². The first kappa shape index (κ1) is 19.8. The standard InChI is InChI=1S/C22H22BrNO2S/c1-16-6-8-17(9-7-16)15-27-13-12-24-21(25)14-26-20-11-10-18-4-2-3-5-19(18)22(20)23/h2-11H,12-15H2,1H3,(H,24,25). The van der Waals surface area contributed by atoms with Crippen molar-refractivity contribution in [1.29, 1.82) is 0 Å². The summed E-state index contributed by atoms with van der Waals surface area (Å²) in [7, 11) is 0. The first-order valence-corrected chi connectivity index (χ1v) is 10.8. The van der Waals surface area contributed by atoms with E-state index in [1.54, 1.807) is 0 Å². The van der Waals surface area contributed by atoms with Crippen molar-refractivity contribution < 1.29 is 9.53 Å². The lowest BCUT2D eigenvalue weighted by Gasteiger charge is -2.10. The van der Waals surface area contributed by atoms with E-state index in [2.05, 4.69) is 52.4 Å². The summed E-state index contributed by atoms with van der Waals surface area (Å²) < 4.78 is 6.56. The second kappa shape index (κ2) is 9.81. The SMILES string of the molecule is Cc1ccc(CSCCNC(=O)COc2ccc3ccccc3c2Br)cc1. The summed E-state index contributed by atoms with van der Waals surface area (Å²) >= 11 is 5.38. The van der Waals surface area contributed by atoms with Crippen LogP contribution in [0.5, 0.6) is 5.75 Å². The molecule has 27 heavy (non-hydrogen) atoms. The van der Waals surface area contributed by atoms with Crippen LogP contribution in [0, 0.1) is 6.92 Å². The monoisotopic (exact) mass is 443 g/mol. The summed E-state index contributed by atoms with van der Waals surface area (Å²) in [4.78, 5) is 12.0. The predicted octanol–water partition coefficient (Wildman–Crippen LogP) is 5.34. The van der Waals surface area contributed by atoms with Crippen LogP contribution in [0.25, 0.3) is 10.8 Å². The van der Waals surface area contributed by atoms with Crippen molar-refractivity contribution in [2.75, 3.05) is 18.9 Å². The number of thioether (sulfide) groups is 1. The Morgan fingerprint density at radius 1 is 1.07 bits per heavy atom. The minimum Gasteiger partial charge on any atom is -0.483 e. The Labute approximate surface area is 172 Å². The average Bonchev–Trinajstić information content (AvgIpc) is 2.69. The summed E-state index contributed by atoms with van der Waals surface area (Å²) in [5.74, 6) is 2.40. The Morgan fingerprint density at radius 2 is 1.85 bits per heavy atom. The number of ether oxygens (including phenoxy) is 1. The van der Waals surface area contributed by atoms with Crippen molar-refractivity contribution in [3.8, 4) is 5.75 Å². The molecule has 0 aliphatic heterocycles. The number of halogens is 1. The number of hydrogen-bond donors (Lipinski definition) is 1. The van der Waals surface area contributed by atoms with Crippen molar-refractivity contribution in [1.82, 2.24) is 5.32 Å². The molecule has 0 fully saturated rings. The van der Waals surface area contributed by atoms with Crippen molar-refractivity contribution in [2.24, 2.45) is 0 Å². The van der Waals surface area contributed by atoms with E-state index in [0.29, 0.717) is 12.3 Å². The Morgan fingerprint density at radius 3 is 2.67 bits per heavy atom. The second-order valence-corrected chi connectivity index (χ2v) is 8.17. The molecular weight excluding hydrogens is 422 g/mol. The van der Waals surface area contributed by atoms with E-state index in [9.17, 15) is 4.79 Å². The molecule has 0 spiro atoms. The van der Waals surface area contributed by atoms with Crippen molar-refractivity contribution in [3.05, 3.63) is 76.3 Å².